The van der Waals surface area contributed by atoms with Crippen LogP contribution in [0.25, 0.3) is 0 Å². The van der Waals surface area contributed by atoms with Crippen molar-refractivity contribution in [2.75, 3.05) is 10.2 Å². The van der Waals surface area contributed by atoms with Crippen LogP contribution in [0.3, 0.4) is 0 Å². The van der Waals surface area contributed by atoms with Crippen molar-refractivity contribution in [2.45, 2.75) is 31.6 Å². The third-order valence-corrected chi connectivity index (χ3v) is 5.50. The number of benzene rings is 2. The number of fused-ring (bicyclic) bond motifs is 1. The molecule has 7 nitrogen and oxygen atoms in total. The summed E-state index contributed by atoms with van der Waals surface area (Å²) in [5, 5.41) is 15.7. The number of nitriles is 1. The van der Waals surface area contributed by atoms with E-state index in [9.17, 15) is 31.5 Å². The zero-order chi connectivity index (χ0) is 25.5. The number of carbonyl (C=O) groups excluding carboxylic acids is 2. The lowest BCUT2D eigenvalue weighted by molar-refractivity contribution is -0.289. The molecule has 1 aliphatic heterocycles. The van der Waals surface area contributed by atoms with Crippen LogP contribution in [-0.4, -0.2) is 33.8 Å². The van der Waals surface area contributed by atoms with Gasteiger partial charge in [-0.15, -0.1) is 0 Å². The summed E-state index contributed by atoms with van der Waals surface area (Å²) in [6.07, 6.45) is -4.47. The second kappa shape index (κ2) is 8.50. The average molecular weight is 489 g/mol. The van der Waals surface area contributed by atoms with Crippen molar-refractivity contribution in [3.05, 3.63) is 77.1 Å². The number of carbonyl (C=O) groups is 2. The van der Waals surface area contributed by atoms with Gasteiger partial charge in [-0.05, 0) is 37.3 Å². The average Bonchev–Trinajstić information content (AvgIpc) is 3.21. The van der Waals surface area contributed by atoms with E-state index in [1.807, 2.05) is 6.07 Å². The minimum Gasteiger partial charge on any atom is -0.319 e. The third-order valence-electron chi connectivity index (χ3n) is 5.50. The first kappa shape index (κ1) is 23.9. The van der Waals surface area contributed by atoms with Crippen LogP contribution in [0, 0.1) is 11.3 Å². The summed E-state index contributed by atoms with van der Waals surface area (Å²) in [6.45, 7) is 1.84. The van der Waals surface area contributed by atoms with Crippen LogP contribution >= 0.6 is 0 Å². The Morgan fingerprint density at radius 2 is 1.83 bits per heavy atom. The molecular weight excluding hydrogens is 473 g/mol. The Morgan fingerprint density at radius 1 is 1.14 bits per heavy atom. The van der Waals surface area contributed by atoms with Crippen LogP contribution in [0.4, 0.5) is 33.3 Å². The van der Waals surface area contributed by atoms with E-state index >= 15 is 0 Å². The van der Waals surface area contributed by atoms with Crippen LogP contribution in [0.15, 0.2) is 54.7 Å². The fourth-order valence-electron chi connectivity index (χ4n) is 3.78. The molecule has 0 spiro atoms. The quantitative estimate of drug-likeness (QED) is 0.538. The highest BCUT2D eigenvalue weighted by Crippen LogP contribution is 2.44. The fourth-order valence-corrected chi connectivity index (χ4v) is 3.78. The van der Waals surface area contributed by atoms with Gasteiger partial charge in [0, 0.05) is 16.8 Å². The van der Waals surface area contributed by atoms with Gasteiger partial charge in [0.2, 0.25) is 0 Å². The van der Waals surface area contributed by atoms with E-state index < -0.39 is 35.5 Å². The molecule has 0 aliphatic carbocycles. The maximum atomic E-state index is 13.6. The molecule has 3 aromatic rings. The van der Waals surface area contributed by atoms with Crippen molar-refractivity contribution in [2.24, 2.45) is 0 Å². The van der Waals surface area contributed by atoms with Gasteiger partial charge in [0.05, 0.1) is 36.1 Å². The number of halogens is 5. The maximum absolute atomic E-state index is 13.6. The first-order chi connectivity index (χ1) is 16.4. The summed E-state index contributed by atoms with van der Waals surface area (Å²) in [6, 6.07) is 10.6. The highest BCUT2D eigenvalue weighted by molar-refractivity contribution is 6.13. The monoisotopic (exact) mass is 489 g/mol. The van der Waals surface area contributed by atoms with E-state index in [2.05, 4.69) is 10.4 Å². The normalized spacial score (nSPS) is 16.0. The zero-order valence-electron chi connectivity index (χ0n) is 18.0. The summed E-state index contributed by atoms with van der Waals surface area (Å²) in [5.41, 5.74) is -0.597. The van der Waals surface area contributed by atoms with E-state index in [0.29, 0.717) is 12.1 Å². The second-order valence-corrected chi connectivity index (χ2v) is 7.88. The summed E-state index contributed by atoms with van der Waals surface area (Å²) in [7, 11) is 0. The van der Waals surface area contributed by atoms with E-state index in [0.717, 1.165) is 12.1 Å². The molecule has 12 heteroatoms. The minimum absolute atomic E-state index is 0.0117. The largest absolute Gasteiger partial charge is 0.458 e. The molecule has 0 saturated carbocycles. The van der Waals surface area contributed by atoms with Crippen molar-refractivity contribution < 1.29 is 31.5 Å². The Bertz CT molecular complexity index is 1340. The lowest BCUT2D eigenvalue weighted by Crippen LogP contribution is -2.47. The van der Waals surface area contributed by atoms with E-state index in [4.69, 9.17) is 5.26 Å². The van der Waals surface area contributed by atoms with Crippen molar-refractivity contribution >= 4 is 23.2 Å². The second-order valence-electron chi connectivity index (χ2n) is 7.88. The standard InChI is InChI=1S/C23H16F5N5O2/c1-13-12-32-19(18(11-30-32)31-20(34)15-4-2-3-14(9-15)10-29)21(35)33(13)17-7-5-16(6-8-17)22(24,25)23(26,27)28/h2-9,11,13H,12H2,1H3,(H,31,34). The first-order valence-corrected chi connectivity index (χ1v) is 10.2. The number of aromatic nitrogens is 2. The third kappa shape index (κ3) is 4.21. The van der Waals surface area contributed by atoms with Crippen LogP contribution in [-0.2, 0) is 12.5 Å². The molecular formula is C23H16F5N5O2. The Kier molecular flexibility index (Phi) is 5.80. The number of nitrogens with zero attached hydrogens (tertiary/aromatic N) is 4. The van der Waals surface area contributed by atoms with E-state index in [1.54, 1.807) is 6.92 Å². The van der Waals surface area contributed by atoms with Crippen LogP contribution in [0.2, 0.25) is 0 Å². The number of hydrogen-bond acceptors (Lipinski definition) is 4. The van der Waals surface area contributed by atoms with Crippen molar-refractivity contribution in [1.29, 1.82) is 5.26 Å². The number of amides is 2. The van der Waals surface area contributed by atoms with Gasteiger partial charge in [-0.2, -0.15) is 32.3 Å². The van der Waals surface area contributed by atoms with Crippen LogP contribution < -0.4 is 10.2 Å². The van der Waals surface area contributed by atoms with Gasteiger partial charge >= 0.3 is 12.1 Å². The van der Waals surface area contributed by atoms with Gasteiger partial charge in [-0.1, -0.05) is 18.2 Å². The topological polar surface area (TPSA) is 91.0 Å². The van der Waals surface area contributed by atoms with Crippen LogP contribution in [0.1, 0.15) is 38.9 Å². The molecule has 1 aliphatic rings. The molecule has 1 aromatic heterocycles. The fraction of sp³-hybridized carbons (Fsp3) is 0.217. The molecule has 4 rings (SSSR count). The highest BCUT2D eigenvalue weighted by Gasteiger charge is 2.58. The molecule has 1 unspecified atom stereocenters. The lowest BCUT2D eigenvalue weighted by Gasteiger charge is -2.34. The number of rotatable bonds is 4. The predicted octanol–water partition coefficient (Wildman–Crippen LogP) is 4.71. The summed E-state index contributed by atoms with van der Waals surface area (Å²) in [5.74, 6) is -6.26. The van der Waals surface area contributed by atoms with Crippen molar-refractivity contribution in [3.8, 4) is 6.07 Å². The Morgan fingerprint density at radius 3 is 2.46 bits per heavy atom. The molecule has 1 atom stereocenters. The van der Waals surface area contributed by atoms with Gasteiger partial charge in [0.25, 0.3) is 11.8 Å². The SMILES string of the molecule is CC1Cn2ncc(NC(=O)c3cccc(C#N)c3)c2C(=O)N1c1ccc(C(F)(F)C(F)(F)F)cc1. The highest BCUT2D eigenvalue weighted by atomic mass is 19.4. The predicted molar refractivity (Wildman–Crippen MR) is 114 cm³/mol. The molecule has 2 amide bonds. The van der Waals surface area contributed by atoms with Gasteiger partial charge in [0.15, 0.2) is 0 Å². The molecule has 1 N–H and O–H groups in total. The number of anilines is 2. The number of nitrogens with one attached hydrogen (secondary N) is 1. The Hall–Kier alpha value is -4.27. The van der Waals surface area contributed by atoms with E-state index in [1.165, 1.54) is 40.0 Å². The zero-order valence-corrected chi connectivity index (χ0v) is 18.0. The van der Waals surface area contributed by atoms with Crippen molar-refractivity contribution in [3.63, 3.8) is 0 Å². The molecule has 0 saturated heterocycles. The Balaban J connectivity index is 1.62. The summed E-state index contributed by atoms with van der Waals surface area (Å²) in [4.78, 5) is 27.2. The molecule has 35 heavy (non-hydrogen) atoms. The van der Waals surface area contributed by atoms with Crippen LogP contribution in [0.5, 0.6) is 0 Å². The minimum atomic E-state index is -5.75. The van der Waals surface area contributed by atoms with Crippen molar-refractivity contribution in [1.82, 2.24) is 9.78 Å². The number of hydrogen-bond donors (Lipinski definition) is 1. The molecule has 0 bridgehead atoms. The van der Waals surface area contributed by atoms with E-state index in [-0.39, 0.29) is 34.7 Å². The van der Waals surface area contributed by atoms with Gasteiger partial charge in [-0.25, -0.2) is 0 Å². The number of alkyl halides is 5. The molecule has 0 fully saturated rings. The maximum Gasteiger partial charge on any atom is 0.458 e. The molecule has 0 radical (unpaired) electrons. The summed E-state index contributed by atoms with van der Waals surface area (Å²) < 4.78 is 66.6. The summed E-state index contributed by atoms with van der Waals surface area (Å²) >= 11 is 0. The van der Waals surface area contributed by atoms with Gasteiger partial charge in [-0.3, -0.25) is 14.3 Å². The van der Waals surface area contributed by atoms with Gasteiger partial charge in [0.1, 0.15) is 5.69 Å². The molecule has 2 aromatic carbocycles. The smallest absolute Gasteiger partial charge is 0.319 e. The molecule has 180 valence electrons. The first-order valence-electron chi connectivity index (χ1n) is 10.2. The molecule has 2 heterocycles. The van der Waals surface area contributed by atoms with Gasteiger partial charge < -0.3 is 10.2 Å². The lowest BCUT2D eigenvalue weighted by atomic mass is 10.1. The Labute approximate surface area is 195 Å².